The number of ether oxygens (including phenoxy) is 1. The van der Waals surface area contributed by atoms with E-state index in [0.717, 1.165) is 38.6 Å². The first-order valence-electron chi connectivity index (χ1n) is 6.79. The number of nitrogens with one attached hydrogen (secondary N) is 2. The fourth-order valence-electron chi connectivity index (χ4n) is 1.64. The minimum Gasteiger partial charge on any atom is -0.378 e. The molecule has 0 rings (SSSR count). The van der Waals surface area contributed by atoms with E-state index in [0.29, 0.717) is 12.0 Å². The van der Waals surface area contributed by atoms with Crippen molar-refractivity contribution in [3.63, 3.8) is 0 Å². The molecule has 5 heteroatoms. The number of nitrogens with zero attached hydrogens (tertiary/aromatic N) is 1. The van der Waals surface area contributed by atoms with Crippen LogP contribution in [0.2, 0.25) is 0 Å². The summed E-state index contributed by atoms with van der Waals surface area (Å²) in [5, 5.41) is 6.43. The average Bonchev–Trinajstić information content (AvgIpc) is 2.28. The van der Waals surface area contributed by atoms with Crippen LogP contribution in [0.25, 0.3) is 0 Å². The van der Waals surface area contributed by atoms with Gasteiger partial charge in [-0.05, 0) is 33.1 Å². The first kappa shape index (κ1) is 20.3. The Bertz CT molecular complexity index is 202. The Balaban J connectivity index is 0. The highest BCUT2D eigenvalue weighted by molar-refractivity contribution is 14.0. The molecule has 0 aromatic heterocycles. The van der Waals surface area contributed by atoms with Gasteiger partial charge in [0.25, 0.3) is 0 Å². The molecule has 110 valence electrons. The minimum absolute atomic E-state index is 0. The maximum atomic E-state index is 5.70. The summed E-state index contributed by atoms with van der Waals surface area (Å²) >= 11 is 0. The van der Waals surface area contributed by atoms with Gasteiger partial charge in [-0.3, -0.25) is 4.99 Å². The smallest absolute Gasteiger partial charge is 0.191 e. The molecule has 0 aliphatic carbocycles. The van der Waals surface area contributed by atoms with E-state index in [-0.39, 0.29) is 24.0 Å². The number of hydrogen-bond acceptors (Lipinski definition) is 2. The van der Waals surface area contributed by atoms with Gasteiger partial charge in [-0.25, -0.2) is 0 Å². The van der Waals surface area contributed by atoms with Gasteiger partial charge in [0, 0.05) is 26.2 Å². The third-order valence-corrected chi connectivity index (χ3v) is 2.50. The summed E-state index contributed by atoms with van der Waals surface area (Å²) < 4.78 is 5.70. The van der Waals surface area contributed by atoms with Gasteiger partial charge in [0.05, 0.1) is 6.10 Å². The van der Waals surface area contributed by atoms with Crippen molar-refractivity contribution in [2.75, 3.05) is 26.2 Å². The molecule has 0 heterocycles. The Labute approximate surface area is 129 Å². The first-order chi connectivity index (χ1) is 8.15. The van der Waals surface area contributed by atoms with E-state index in [9.17, 15) is 0 Å². The number of hydrogen-bond donors (Lipinski definition) is 2. The quantitative estimate of drug-likeness (QED) is 0.392. The summed E-state index contributed by atoms with van der Waals surface area (Å²) in [6.07, 6.45) is 1.29. The molecule has 0 saturated carbocycles. The summed E-state index contributed by atoms with van der Waals surface area (Å²) in [6, 6.07) is 0. The minimum atomic E-state index is 0. The zero-order chi connectivity index (χ0) is 13.1. The van der Waals surface area contributed by atoms with E-state index >= 15 is 0 Å². The van der Waals surface area contributed by atoms with E-state index in [1.165, 1.54) is 0 Å². The predicted molar refractivity (Wildman–Crippen MR) is 89.9 cm³/mol. The van der Waals surface area contributed by atoms with Gasteiger partial charge in [0.2, 0.25) is 0 Å². The highest BCUT2D eigenvalue weighted by Crippen LogP contribution is 2.10. The summed E-state index contributed by atoms with van der Waals surface area (Å²) in [5.74, 6) is 1.45. The van der Waals surface area contributed by atoms with Crippen molar-refractivity contribution in [2.45, 2.75) is 47.1 Å². The molecule has 0 bridgehead atoms. The van der Waals surface area contributed by atoms with Crippen molar-refractivity contribution in [1.82, 2.24) is 10.6 Å². The van der Waals surface area contributed by atoms with Crippen LogP contribution in [-0.2, 0) is 4.74 Å². The standard InChI is InChI=1S/C13H29N3O.HI/c1-6-14-13(15-7-2)16-10-9-12(11(4)5)17-8-3;/h11-12H,6-10H2,1-5H3,(H2,14,15,16);1H. The maximum Gasteiger partial charge on any atom is 0.191 e. The van der Waals surface area contributed by atoms with E-state index in [4.69, 9.17) is 4.74 Å². The average molecular weight is 371 g/mol. The fourth-order valence-corrected chi connectivity index (χ4v) is 1.64. The van der Waals surface area contributed by atoms with Gasteiger partial charge in [-0.15, -0.1) is 24.0 Å². The lowest BCUT2D eigenvalue weighted by atomic mass is 10.0. The van der Waals surface area contributed by atoms with Crippen LogP contribution in [0.4, 0.5) is 0 Å². The lowest BCUT2D eigenvalue weighted by molar-refractivity contribution is 0.0266. The summed E-state index contributed by atoms with van der Waals surface area (Å²) in [4.78, 5) is 4.52. The first-order valence-corrected chi connectivity index (χ1v) is 6.79. The van der Waals surface area contributed by atoms with Gasteiger partial charge < -0.3 is 15.4 Å². The molecule has 1 atom stereocenters. The van der Waals surface area contributed by atoms with Crippen molar-refractivity contribution in [1.29, 1.82) is 0 Å². The van der Waals surface area contributed by atoms with Gasteiger partial charge >= 0.3 is 0 Å². The Morgan fingerprint density at radius 2 is 1.67 bits per heavy atom. The molecule has 2 N–H and O–H groups in total. The van der Waals surface area contributed by atoms with Crippen LogP contribution in [0.5, 0.6) is 0 Å². The van der Waals surface area contributed by atoms with Crippen LogP contribution in [0.3, 0.4) is 0 Å². The molecule has 4 nitrogen and oxygen atoms in total. The van der Waals surface area contributed by atoms with E-state index in [2.05, 4.69) is 43.3 Å². The van der Waals surface area contributed by atoms with Crippen LogP contribution >= 0.6 is 24.0 Å². The Morgan fingerprint density at radius 1 is 1.11 bits per heavy atom. The third-order valence-electron chi connectivity index (χ3n) is 2.50. The van der Waals surface area contributed by atoms with Gasteiger partial charge in [-0.1, -0.05) is 13.8 Å². The molecule has 18 heavy (non-hydrogen) atoms. The highest BCUT2D eigenvalue weighted by atomic mass is 127. The summed E-state index contributed by atoms with van der Waals surface area (Å²) in [6.45, 7) is 13.9. The maximum absolute atomic E-state index is 5.70. The predicted octanol–water partition coefficient (Wildman–Crippen LogP) is 2.63. The monoisotopic (exact) mass is 371 g/mol. The van der Waals surface area contributed by atoms with Gasteiger partial charge in [-0.2, -0.15) is 0 Å². The number of aliphatic imine (C=N–C) groups is 1. The number of guanidine groups is 1. The van der Waals surface area contributed by atoms with Crippen LogP contribution in [0, 0.1) is 5.92 Å². The molecular formula is C13H30IN3O. The van der Waals surface area contributed by atoms with Crippen LogP contribution in [0.1, 0.15) is 41.0 Å². The second-order valence-corrected chi connectivity index (χ2v) is 4.32. The normalized spacial score (nSPS) is 11.7. The lowest BCUT2D eigenvalue weighted by Crippen LogP contribution is -2.37. The summed E-state index contributed by atoms with van der Waals surface area (Å²) in [7, 11) is 0. The second kappa shape index (κ2) is 13.4. The molecule has 0 radical (unpaired) electrons. The molecule has 0 aromatic rings. The molecule has 0 fully saturated rings. The zero-order valence-electron chi connectivity index (χ0n) is 12.5. The Morgan fingerprint density at radius 3 is 2.06 bits per heavy atom. The fraction of sp³-hybridized carbons (Fsp3) is 0.923. The van der Waals surface area contributed by atoms with E-state index in [1.807, 2.05) is 6.92 Å². The number of halogens is 1. The lowest BCUT2D eigenvalue weighted by Gasteiger charge is -2.20. The Hall–Kier alpha value is -0.0400. The van der Waals surface area contributed by atoms with Crippen LogP contribution in [-0.4, -0.2) is 38.3 Å². The molecule has 0 aromatic carbocycles. The van der Waals surface area contributed by atoms with E-state index < -0.39 is 0 Å². The van der Waals surface area contributed by atoms with Crippen molar-refractivity contribution in [2.24, 2.45) is 10.9 Å². The number of rotatable bonds is 8. The molecule has 1 unspecified atom stereocenters. The third kappa shape index (κ3) is 9.94. The molecule has 0 spiro atoms. The van der Waals surface area contributed by atoms with Gasteiger partial charge in [0.15, 0.2) is 5.96 Å². The van der Waals surface area contributed by atoms with Crippen molar-refractivity contribution >= 4 is 29.9 Å². The van der Waals surface area contributed by atoms with Crippen molar-refractivity contribution in [3.05, 3.63) is 0 Å². The molecule has 0 amide bonds. The van der Waals surface area contributed by atoms with Gasteiger partial charge in [0.1, 0.15) is 0 Å². The Kier molecular flexibility index (Phi) is 15.1. The van der Waals surface area contributed by atoms with Crippen molar-refractivity contribution in [3.8, 4) is 0 Å². The summed E-state index contributed by atoms with van der Waals surface area (Å²) in [5.41, 5.74) is 0. The zero-order valence-corrected chi connectivity index (χ0v) is 14.8. The molecule has 0 aliphatic rings. The van der Waals surface area contributed by atoms with E-state index in [1.54, 1.807) is 0 Å². The van der Waals surface area contributed by atoms with Crippen LogP contribution < -0.4 is 10.6 Å². The SMILES string of the molecule is CCNC(=NCCC(OCC)C(C)C)NCC.I. The van der Waals surface area contributed by atoms with Crippen LogP contribution in [0.15, 0.2) is 4.99 Å². The highest BCUT2D eigenvalue weighted by Gasteiger charge is 2.12. The molecule has 0 saturated heterocycles. The topological polar surface area (TPSA) is 45.7 Å². The molecular weight excluding hydrogens is 341 g/mol. The second-order valence-electron chi connectivity index (χ2n) is 4.32. The molecule has 0 aliphatic heterocycles. The van der Waals surface area contributed by atoms with Crippen molar-refractivity contribution < 1.29 is 4.74 Å². The largest absolute Gasteiger partial charge is 0.378 e.